The zero-order valence-electron chi connectivity index (χ0n) is 16.6. The molecule has 0 aliphatic carbocycles. The molecular formula is C20H19F3N2O5S. The number of nitrogens with zero attached hydrogens (tertiary/aromatic N) is 2. The number of sulfone groups is 1. The van der Waals surface area contributed by atoms with Gasteiger partial charge in [0.15, 0.2) is 9.84 Å². The van der Waals surface area contributed by atoms with E-state index in [0.717, 1.165) is 12.1 Å². The van der Waals surface area contributed by atoms with Crippen LogP contribution in [0, 0.1) is 0 Å². The first-order chi connectivity index (χ1) is 14.5. The highest BCUT2D eigenvalue weighted by molar-refractivity contribution is 7.91. The Labute approximate surface area is 175 Å². The minimum atomic E-state index is -4.89. The van der Waals surface area contributed by atoms with Gasteiger partial charge in [-0.2, -0.15) is 5.10 Å². The van der Waals surface area contributed by atoms with E-state index >= 15 is 0 Å². The Morgan fingerprint density at radius 2 is 1.84 bits per heavy atom. The van der Waals surface area contributed by atoms with Crippen molar-refractivity contribution < 1.29 is 31.1 Å². The van der Waals surface area contributed by atoms with Gasteiger partial charge in [0.05, 0.1) is 24.8 Å². The maximum atomic E-state index is 13.1. The van der Waals surface area contributed by atoms with Crippen LogP contribution < -0.4 is 14.9 Å². The van der Waals surface area contributed by atoms with Gasteiger partial charge >= 0.3 is 6.36 Å². The van der Waals surface area contributed by atoms with E-state index in [1.165, 1.54) is 36.9 Å². The van der Waals surface area contributed by atoms with Gasteiger partial charge in [-0.05, 0) is 24.3 Å². The van der Waals surface area contributed by atoms with Crippen LogP contribution in [0.15, 0.2) is 47.3 Å². The summed E-state index contributed by atoms with van der Waals surface area (Å²) in [5.41, 5.74) is -0.272. The molecule has 0 aliphatic heterocycles. The number of aromatic nitrogens is 2. The number of alkyl halides is 3. The molecule has 0 fully saturated rings. The first-order valence-electron chi connectivity index (χ1n) is 9.19. The summed E-state index contributed by atoms with van der Waals surface area (Å²) >= 11 is 0. The van der Waals surface area contributed by atoms with Crippen LogP contribution in [0.25, 0.3) is 22.2 Å². The summed E-state index contributed by atoms with van der Waals surface area (Å²) in [4.78, 5) is 13.1. The van der Waals surface area contributed by atoms with Crippen LogP contribution in [0.5, 0.6) is 11.5 Å². The predicted molar refractivity (Wildman–Crippen MR) is 109 cm³/mol. The number of hydrogen-bond donors (Lipinski definition) is 0. The standard InChI is InChI=1S/C20H19F3N2O5S/c1-3-31(27,28)11-10-25-18-15(8-5-9-16(18)29-2)19(26)17(24-25)13-6-4-7-14(12-13)30-20(21,22)23/h4-9,12H,3,10-11H2,1-2H3. The SMILES string of the molecule is CCS(=O)(=O)CCn1nc(-c2cccc(OC(F)(F)F)c2)c(=O)c2cccc(OC)c21. The van der Waals surface area contributed by atoms with Crippen molar-refractivity contribution in [1.29, 1.82) is 0 Å². The van der Waals surface area contributed by atoms with E-state index in [0.29, 0.717) is 11.3 Å². The molecule has 166 valence electrons. The van der Waals surface area contributed by atoms with Gasteiger partial charge < -0.3 is 9.47 Å². The number of rotatable bonds is 7. The summed E-state index contributed by atoms with van der Waals surface area (Å²) in [6, 6.07) is 9.59. The van der Waals surface area contributed by atoms with Gasteiger partial charge in [0.1, 0.15) is 22.7 Å². The maximum Gasteiger partial charge on any atom is 0.573 e. The monoisotopic (exact) mass is 456 g/mol. The fourth-order valence-electron chi connectivity index (χ4n) is 3.04. The van der Waals surface area contributed by atoms with E-state index < -0.39 is 27.4 Å². The topological polar surface area (TPSA) is 87.5 Å². The molecule has 0 aliphatic rings. The van der Waals surface area contributed by atoms with Crippen molar-refractivity contribution in [3.63, 3.8) is 0 Å². The largest absolute Gasteiger partial charge is 0.573 e. The molecule has 31 heavy (non-hydrogen) atoms. The van der Waals surface area contributed by atoms with Crippen LogP contribution in [-0.4, -0.2) is 43.2 Å². The van der Waals surface area contributed by atoms with Gasteiger partial charge in [-0.25, -0.2) is 8.42 Å². The minimum absolute atomic E-state index is 0.0635. The third-order valence-electron chi connectivity index (χ3n) is 4.55. The van der Waals surface area contributed by atoms with E-state index in [-0.39, 0.29) is 34.7 Å². The number of benzene rings is 2. The molecule has 1 aromatic heterocycles. The molecule has 1 heterocycles. The molecule has 0 saturated carbocycles. The van der Waals surface area contributed by atoms with Gasteiger partial charge in [0, 0.05) is 11.3 Å². The van der Waals surface area contributed by atoms with E-state index in [4.69, 9.17) is 4.74 Å². The van der Waals surface area contributed by atoms with Gasteiger partial charge in [-0.3, -0.25) is 9.48 Å². The lowest BCUT2D eigenvalue weighted by Gasteiger charge is -2.15. The van der Waals surface area contributed by atoms with Crippen LogP contribution in [0.1, 0.15) is 6.92 Å². The number of halogens is 3. The zero-order valence-corrected chi connectivity index (χ0v) is 17.5. The molecule has 0 amide bonds. The van der Waals surface area contributed by atoms with Crippen LogP contribution in [0.4, 0.5) is 13.2 Å². The fourth-order valence-corrected chi connectivity index (χ4v) is 3.78. The van der Waals surface area contributed by atoms with Crippen molar-refractivity contribution >= 4 is 20.7 Å². The van der Waals surface area contributed by atoms with Crippen molar-refractivity contribution in [3.05, 3.63) is 52.7 Å². The van der Waals surface area contributed by atoms with E-state index in [9.17, 15) is 26.4 Å². The Bertz CT molecular complexity index is 1270. The Balaban J connectivity index is 2.21. The highest BCUT2D eigenvalue weighted by atomic mass is 32.2. The molecule has 2 aromatic carbocycles. The Hall–Kier alpha value is -3.08. The fraction of sp³-hybridized carbons (Fsp3) is 0.300. The summed E-state index contributed by atoms with van der Waals surface area (Å²) in [5.74, 6) is -0.483. The summed E-state index contributed by atoms with van der Waals surface area (Å²) in [7, 11) is -1.94. The van der Waals surface area contributed by atoms with Gasteiger partial charge in [0.25, 0.3) is 0 Å². The molecule has 0 radical (unpaired) electrons. The summed E-state index contributed by atoms with van der Waals surface area (Å²) in [6.07, 6.45) is -4.89. The van der Waals surface area contributed by atoms with Crippen molar-refractivity contribution in [3.8, 4) is 22.8 Å². The number of aryl methyl sites for hydroxylation is 1. The summed E-state index contributed by atoms with van der Waals surface area (Å²) in [5, 5.41) is 4.47. The average molecular weight is 456 g/mol. The first kappa shape index (κ1) is 22.6. The van der Waals surface area contributed by atoms with Crippen LogP contribution >= 0.6 is 0 Å². The second-order valence-corrected chi connectivity index (χ2v) is 9.04. The number of ether oxygens (including phenoxy) is 2. The van der Waals surface area contributed by atoms with Crippen LogP contribution in [-0.2, 0) is 16.4 Å². The molecular weight excluding hydrogens is 437 g/mol. The Kier molecular flexibility index (Phi) is 6.25. The Morgan fingerprint density at radius 1 is 1.13 bits per heavy atom. The molecule has 7 nitrogen and oxygen atoms in total. The van der Waals surface area contributed by atoms with Crippen LogP contribution in [0.3, 0.4) is 0 Å². The molecule has 0 saturated heterocycles. The lowest BCUT2D eigenvalue weighted by molar-refractivity contribution is -0.274. The lowest BCUT2D eigenvalue weighted by Crippen LogP contribution is -2.21. The van der Waals surface area contributed by atoms with Gasteiger partial charge in [0.2, 0.25) is 5.43 Å². The summed E-state index contributed by atoms with van der Waals surface area (Å²) < 4.78 is 72.3. The third kappa shape index (κ3) is 5.16. The second-order valence-electron chi connectivity index (χ2n) is 6.57. The highest BCUT2D eigenvalue weighted by Gasteiger charge is 2.31. The number of methoxy groups -OCH3 is 1. The summed E-state index contributed by atoms with van der Waals surface area (Å²) in [6.45, 7) is 1.45. The van der Waals surface area contributed by atoms with Crippen molar-refractivity contribution in [2.75, 3.05) is 18.6 Å². The van der Waals surface area contributed by atoms with Crippen LogP contribution in [0.2, 0.25) is 0 Å². The molecule has 3 rings (SSSR count). The normalized spacial score (nSPS) is 12.2. The van der Waals surface area contributed by atoms with Crippen molar-refractivity contribution in [2.24, 2.45) is 0 Å². The second kappa shape index (κ2) is 8.58. The first-order valence-corrected chi connectivity index (χ1v) is 11.0. The van der Waals surface area contributed by atoms with Crippen molar-refractivity contribution in [2.45, 2.75) is 19.8 Å². The van der Waals surface area contributed by atoms with E-state index in [1.807, 2.05) is 0 Å². The molecule has 0 atom stereocenters. The highest BCUT2D eigenvalue weighted by Crippen LogP contribution is 2.28. The minimum Gasteiger partial charge on any atom is -0.494 e. The number of fused-ring (bicyclic) bond motifs is 1. The molecule has 3 aromatic rings. The molecule has 0 unspecified atom stereocenters. The quantitative estimate of drug-likeness (QED) is 0.542. The molecule has 11 heteroatoms. The third-order valence-corrected chi connectivity index (χ3v) is 6.24. The van der Waals surface area contributed by atoms with E-state index in [1.54, 1.807) is 12.1 Å². The predicted octanol–water partition coefficient (Wildman–Crippen LogP) is 3.41. The Morgan fingerprint density at radius 3 is 2.48 bits per heavy atom. The smallest absolute Gasteiger partial charge is 0.494 e. The molecule has 0 bridgehead atoms. The van der Waals surface area contributed by atoms with Crippen molar-refractivity contribution in [1.82, 2.24) is 9.78 Å². The maximum absolute atomic E-state index is 13.1. The lowest BCUT2D eigenvalue weighted by atomic mass is 10.1. The van der Waals surface area contributed by atoms with E-state index in [2.05, 4.69) is 9.84 Å². The number of hydrogen-bond acceptors (Lipinski definition) is 6. The van der Waals surface area contributed by atoms with Gasteiger partial charge in [-0.15, -0.1) is 13.2 Å². The van der Waals surface area contributed by atoms with Gasteiger partial charge in [-0.1, -0.05) is 25.1 Å². The number of para-hydroxylation sites is 1. The zero-order chi connectivity index (χ0) is 22.8. The molecule has 0 spiro atoms. The average Bonchev–Trinajstić information content (AvgIpc) is 2.72. The molecule has 0 N–H and O–H groups in total.